The Balaban J connectivity index is 1.89. The number of hydrogen-bond donors (Lipinski definition) is 3. The average Bonchev–Trinajstić information content (AvgIpc) is 3.06. The topological polar surface area (TPSA) is 88.2 Å². The van der Waals surface area contributed by atoms with Gasteiger partial charge in [-0.15, -0.1) is 11.3 Å². The lowest BCUT2D eigenvalue weighted by molar-refractivity contribution is 0.0947. The van der Waals surface area contributed by atoms with Crippen LogP contribution in [0.4, 0.5) is 5.69 Å². The summed E-state index contributed by atoms with van der Waals surface area (Å²) in [7, 11) is 0. The van der Waals surface area contributed by atoms with Crippen molar-refractivity contribution >= 4 is 33.1 Å². The van der Waals surface area contributed by atoms with E-state index >= 15 is 0 Å². The smallest absolute Gasteiger partial charge is 0.263 e. The van der Waals surface area contributed by atoms with Gasteiger partial charge in [-0.1, -0.05) is 6.92 Å². The van der Waals surface area contributed by atoms with Crippen molar-refractivity contribution in [3.05, 3.63) is 22.2 Å². The summed E-state index contributed by atoms with van der Waals surface area (Å²) >= 11 is 1.35. The lowest BCUT2D eigenvalue weighted by atomic mass is 10.1. The number of pyridine rings is 1. The number of hydrogen-bond acceptors (Lipinski definition) is 5. The predicted octanol–water partition coefficient (Wildman–Crippen LogP) is 1.73. The molecule has 1 amide bonds. The standard InChI is InChI=1S/C15H19N3O2S/c1-8(7-19)6-17-14(20)13-12(16)10-5-9-3-2-4-11(9)18-15(10)21-13/h5,8,19H,2-4,6-7,16H2,1H3,(H,17,20). The quantitative estimate of drug-likeness (QED) is 0.802. The van der Waals surface area contributed by atoms with Gasteiger partial charge in [0.25, 0.3) is 5.91 Å². The molecule has 21 heavy (non-hydrogen) atoms. The normalized spacial score (nSPS) is 15.1. The molecule has 0 fully saturated rings. The van der Waals surface area contributed by atoms with E-state index in [1.165, 1.54) is 16.9 Å². The van der Waals surface area contributed by atoms with Crippen LogP contribution in [-0.2, 0) is 12.8 Å². The fraction of sp³-hybridized carbons (Fsp3) is 0.467. The van der Waals surface area contributed by atoms with Gasteiger partial charge in [-0.3, -0.25) is 4.79 Å². The first kappa shape index (κ1) is 14.3. The highest BCUT2D eigenvalue weighted by molar-refractivity contribution is 7.21. The van der Waals surface area contributed by atoms with E-state index < -0.39 is 0 Å². The molecule has 0 spiro atoms. The molecule has 1 aliphatic carbocycles. The van der Waals surface area contributed by atoms with Crippen molar-refractivity contribution in [2.45, 2.75) is 26.2 Å². The van der Waals surface area contributed by atoms with Gasteiger partial charge in [0.05, 0.1) is 5.69 Å². The van der Waals surface area contributed by atoms with Crippen molar-refractivity contribution in [1.29, 1.82) is 0 Å². The second-order valence-electron chi connectivity index (χ2n) is 5.64. The Bertz CT molecular complexity index is 696. The zero-order chi connectivity index (χ0) is 15.0. The molecule has 5 nitrogen and oxygen atoms in total. The van der Waals surface area contributed by atoms with Crippen LogP contribution < -0.4 is 11.1 Å². The maximum atomic E-state index is 12.2. The molecule has 1 atom stereocenters. The Morgan fingerprint density at radius 1 is 1.57 bits per heavy atom. The Labute approximate surface area is 127 Å². The van der Waals surface area contributed by atoms with Gasteiger partial charge in [-0.05, 0) is 36.8 Å². The zero-order valence-corrected chi connectivity index (χ0v) is 12.8. The van der Waals surface area contributed by atoms with Gasteiger partial charge in [0.15, 0.2) is 0 Å². The van der Waals surface area contributed by atoms with E-state index in [0.717, 1.165) is 35.2 Å². The molecule has 1 aliphatic rings. The molecular formula is C15H19N3O2S. The molecule has 2 aromatic heterocycles. The zero-order valence-electron chi connectivity index (χ0n) is 12.0. The van der Waals surface area contributed by atoms with E-state index in [1.807, 2.05) is 6.92 Å². The lowest BCUT2D eigenvalue weighted by Gasteiger charge is -2.08. The van der Waals surface area contributed by atoms with E-state index in [9.17, 15) is 4.79 Å². The number of carbonyl (C=O) groups excluding carboxylic acids is 1. The Hall–Kier alpha value is -1.66. The molecule has 2 aromatic rings. The van der Waals surface area contributed by atoms with Crippen LogP contribution in [0.2, 0.25) is 0 Å². The first-order valence-corrected chi connectivity index (χ1v) is 8.01. The molecule has 0 bridgehead atoms. The Morgan fingerprint density at radius 3 is 3.14 bits per heavy atom. The monoisotopic (exact) mass is 305 g/mol. The molecule has 4 N–H and O–H groups in total. The second kappa shape index (κ2) is 5.61. The van der Waals surface area contributed by atoms with Crippen molar-refractivity contribution in [1.82, 2.24) is 10.3 Å². The predicted molar refractivity (Wildman–Crippen MR) is 84.6 cm³/mol. The van der Waals surface area contributed by atoms with Crippen LogP contribution in [0.1, 0.15) is 34.3 Å². The number of nitrogens with one attached hydrogen (secondary N) is 1. The van der Waals surface area contributed by atoms with E-state index in [2.05, 4.69) is 16.4 Å². The number of aliphatic hydroxyl groups is 1. The SMILES string of the molecule is CC(CO)CNC(=O)c1sc2nc3c(cc2c1N)CCC3. The highest BCUT2D eigenvalue weighted by Gasteiger charge is 2.21. The first-order valence-electron chi connectivity index (χ1n) is 7.20. The number of aromatic nitrogens is 1. The third-order valence-electron chi connectivity index (χ3n) is 3.88. The van der Waals surface area contributed by atoms with Gasteiger partial charge in [-0.2, -0.15) is 0 Å². The van der Waals surface area contributed by atoms with Gasteiger partial charge in [0, 0.05) is 24.2 Å². The summed E-state index contributed by atoms with van der Waals surface area (Å²) in [5.41, 5.74) is 9.05. The van der Waals surface area contributed by atoms with E-state index in [-0.39, 0.29) is 18.4 Å². The molecule has 0 saturated carbocycles. The fourth-order valence-electron chi connectivity index (χ4n) is 2.58. The summed E-state index contributed by atoms with van der Waals surface area (Å²) in [6, 6.07) is 2.09. The van der Waals surface area contributed by atoms with Crippen LogP contribution >= 0.6 is 11.3 Å². The molecule has 3 rings (SSSR count). The highest BCUT2D eigenvalue weighted by atomic mass is 32.1. The first-order chi connectivity index (χ1) is 10.1. The van der Waals surface area contributed by atoms with Crippen LogP contribution in [0.15, 0.2) is 6.07 Å². The van der Waals surface area contributed by atoms with Gasteiger partial charge in [-0.25, -0.2) is 4.98 Å². The molecule has 0 radical (unpaired) electrons. The van der Waals surface area contributed by atoms with Crippen molar-refractivity contribution in [3.63, 3.8) is 0 Å². The number of aryl methyl sites for hydroxylation is 2. The average molecular weight is 305 g/mol. The number of anilines is 1. The number of fused-ring (bicyclic) bond motifs is 2. The third-order valence-corrected chi connectivity index (χ3v) is 4.99. The number of nitrogen functional groups attached to an aromatic ring is 1. The number of nitrogens with two attached hydrogens (primary N) is 1. The van der Waals surface area contributed by atoms with Crippen LogP contribution in [-0.4, -0.2) is 29.1 Å². The molecule has 0 saturated heterocycles. The minimum Gasteiger partial charge on any atom is -0.397 e. The van der Waals surface area contributed by atoms with Crippen molar-refractivity contribution in [3.8, 4) is 0 Å². The van der Waals surface area contributed by atoms with E-state index in [4.69, 9.17) is 10.8 Å². The van der Waals surface area contributed by atoms with Crippen molar-refractivity contribution in [2.24, 2.45) is 5.92 Å². The maximum Gasteiger partial charge on any atom is 0.263 e. The van der Waals surface area contributed by atoms with Gasteiger partial charge >= 0.3 is 0 Å². The van der Waals surface area contributed by atoms with Crippen LogP contribution in [0.3, 0.4) is 0 Å². The van der Waals surface area contributed by atoms with Gasteiger partial charge < -0.3 is 16.2 Å². The number of carbonyl (C=O) groups is 1. The van der Waals surface area contributed by atoms with Crippen molar-refractivity contribution in [2.75, 3.05) is 18.9 Å². The fourth-order valence-corrected chi connectivity index (χ4v) is 3.59. The highest BCUT2D eigenvalue weighted by Crippen LogP contribution is 2.35. The second-order valence-corrected chi connectivity index (χ2v) is 6.64. The summed E-state index contributed by atoms with van der Waals surface area (Å²) in [5, 5.41) is 12.7. The van der Waals surface area contributed by atoms with Crippen LogP contribution in [0.5, 0.6) is 0 Å². The number of nitrogens with zero attached hydrogens (tertiary/aromatic N) is 1. The summed E-state index contributed by atoms with van der Waals surface area (Å²) in [4.78, 5) is 18.2. The van der Waals surface area contributed by atoms with Gasteiger partial charge in [0.1, 0.15) is 9.71 Å². The molecule has 112 valence electrons. The number of aliphatic hydroxyl groups excluding tert-OH is 1. The molecule has 2 heterocycles. The Kier molecular flexibility index (Phi) is 3.82. The van der Waals surface area contributed by atoms with E-state index in [0.29, 0.717) is 17.1 Å². The minimum atomic E-state index is -0.184. The summed E-state index contributed by atoms with van der Waals surface area (Å²) in [5.74, 6) is -0.151. The molecule has 0 aliphatic heterocycles. The molecule has 0 aromatic carbocycles. The van der Waals surface area contributed by atoms with Crippen LogP contribution in [0, 0.1) is 5.92 Å². The number of thiophene rings is 1. The number of rotatable bonds is 4. The number of amides is 1. The lowest BCUT2D eigenvalue weighted by Crippen LogP contribution is -2.29. The van der Waals surface area contributed by atoms with E-state index in [1.54, 1.807) is 0 Å². The summed E-state index contributed by atoms with van der Waals surface area (Å²) < 4.78 is 0. The summed E-state index contributed by atoms with van der Waals surface area (Å²) in [6.45, 7) is 2.37. The molecule has 6 heteroatoms. The van der Waals surface area contributed by atoms with Crippen molar-refractivity contribution < 1.29 is 9.90 Å². The summed E-state index contributed by atoms with van der Waals surface area (Å²) in [6.07, 6.45) is 3.20. The third kappa shape index (κ3) is 2.61. The molecular weight excluding hydrogens is 286 g/mol. The largest absolute Gasteiger partial charge is 0.397 e. The maximum absolute atomic E-state index is 12.2. The Morgan fingerprint density at radius 2 is 2.38 bits per heavy atom. The van der Waals surface area contributed by atoms with Crippen LogP contribution in [0.25, 0.3) is 10.2 Å². The molecule has 1 unspecified atom stereocenters. The minimum absolute atomic E-state index is 0.0338. The van der Waals surface area contributed by atoms with Gasteiger partial charge in [0.2, 0.25) is 0 Å².